The molecule has 0 spiro atoms. The molecule has 3 rings (SSSR count). The van der Waals surface area contributed by atoms with Crippen LogP contribution in [0, 0.1) is 27.3 Å². The van der Waals surface area contributed by atoms with E-state index in [4.69, 9.17) is 4.42 Å². The Kier molecular flexibility index (Phi) is 5.47. The number of hydrogen-bond acceptors (Lipinski definition) is 5. The average Bonchev–Trinajstić information content (AvgIpc) is 3.14. The summed E-state index contributed by atoms with van der Waals surface area (Å²) in [5.41, 5.74) is -0.0114. The number of nitro benzene ring substituents is 1. The molecule has 2 aromatic carbocycles. The zero-order valence-corrected chi connectivity index (χ0v) is 15.6. The number of non-ortho nitro benzene ring substituents is 1. The topological polar surface area (TPSA) is 97.1 Å². The minimum absolute atomic E-state index is 0.0791. The lowest BCUT2D eigenvalue weighted by atomic mass is 10.0. The quantitative estimate of drug-likeness (QED) is 0.170. The summed E-state index contributed by atoms with van der Waals surface area (Å²) in [7, 11) is 0. The van der Waals surface area contributed by atoms with E-state index in [1.807, 2.05) is 0 Å². The van der Waals surface area contributed by atoms with E-state index < -0.39 is 16.5 Å². The van der Waals surface area contributed by atoms with Gasteiger partial charge in [0.05, 0.1) is 10.5 Å². The molecule has 6 nitrogen and oxygen atoms in total. The molecule has 28 heavy (non-hydrogen) atoms. The van der Waals surface area contributed by atoms with E-state index in [9.17, 15) is 24.6 Å². The SMILES string of the molecule is N#C/C(=C\c1ccc(-c2ccc([N+](=O)[O-])cc2Br)o1)C(=O)c1ccccc1F. The van der Waals surface area contributed by atoms with E-state index in [-0.39, 0.29) is 22.6 Å². The Morgan fingerprint density at radius 3 is 2.61 bits per heavy atom. The van der Waals surface area contributed by atoms with Gasteiger partial charge in [0, 0.05) is 28.2 Å². The van der Waals surface area contributed by atoms with Crippen LogP contribution in [0.2, 0.25) is 0 Å². The van der Waals surface area contributed by atoms with Crippen molar-refractivity contribution < 1.29 is 18.5 Å². The predicted molar refractivity (Wildman–Crippen MR) is 103 cm³/mol. The number of benzene rings is 2. The fourth-order valence-corrected chi connectivity index (χ4v) is 3.04. The van der Waals surface area contributed by atoms with Crippen molar-refractivity contribution in [2.75, 3.05) is 0 Å². The van der Waals surface area contributed by atoms with Crippen LogP contribution in [0.3, 0.4) is 0 Å². The Morgan fingerprint density at radius 1 is 1.21 bits per heavy atom. The number of nitrogens with zero attached hydrogens (tertiary/aromatic N) is 2. The largest absolute Gasteiger partial charge is 0.457 e. The Labute approximate surface area is 166 Å². The molecule has 0 aliphatic heterocycles. The van der Waals surface area contributed by atoms with Crippen molar-refractivity contribution >= 4 is 33.5 Å². The first-order chi connectivity index (χ1) is 13.4. The van der Waals surface area contributed by atoms with Gasteiger partial charge in [0.2, 0.25) is 5.78 Å². The van der Waals surface area contributed by atoms with Crippen molar-refractivity contribution in [3.63, 3.8) is 0 Å². The first kappa shape index (κ1) is 19.2. The Bertz CT molecular complexity index is 1160. The number of halogens is 2. The van der Waals surface area contributed by atoms with E-state index in [0.717, 1.165) is 6.07 Å². The second kappa shape index (κ2) is 7.98. The van der Waals surface area contributed by atoms with Gasteiger partial charge in [-0.05, 0) is 46.3 Å². The molecular formula is C20H10BrFN2O4. The van der Waals surface area contributed by atoms with Gasteiger partial charge in [-0.15, -0.1) is 0 Å². The molecule has 0 saturated heterocycles. The lowest BCUT2D eigenvalue weighted by molar-refractivity contribution is -0.384. The van der Waals surface area contributed by atoms with Crippen LogP contribution < -0.4 is 0 Å². The van der Waals surface area contributed by atoms with Crippen molar-refractivity contribution in [2.24, 2.45) is 0 Å². The summed E-state index contributed by atoms with van der Waals surface area (Å²) in [6, 6.07) is 14.5. The van der Waals surface area contributed by atoms with Crippen LogP contribution in [0.25, 0.3) is 17.4 Å². The molecule has 0 radical (unpaired) electrons. The molecule has 1 heterocycles. The van der Waals surface area contributed by atoms with Crippen LogP contribution in [-0.2, 0) is 0 Å². The van der Waals surface area contributed by atoms with E-state index in [1.54, 1.807) is 12.1 Å². The van der Waals surface area contributed by atoms with Crippen LogP contribution in [0.15, 0.2) is 69.1 Å². The molecule has 0 saturated carbocycles. The summed E-state index contributed by atoms with van der Waals surface area (Å²) in [5, 5.41) is 20.1. The van der Waals surface area contributed by atoms with Crippen molar-refractivity contribution in [1.82, 2.24) is 0 Å². The molecule has 3 aromatic rings. The summed E-state index contributed by atoms with van der Waals surface area (Å²) in [4.78, 5) is 22.7. The smallest absolute Gasteiger partial charge is 0.270 e. The van der Waals surface area contributed by atoms with Crippen molar-refractivity contribution in [1.29, 1.82) is 5.26 Å². The van der Waals surface area contributed by atoms with Crippen LogP contribution in [-0.4, -0.2) is 10.7 Å². The maximum atomic E-state index is 13.8. The highest BCUT2D eigenvalue weighted by atomic mass is 79.9. The number of Topliss-reactive ketones (excluding diaryl/α,β-unsaturated/α-hetero) is 1. The van der Waals surface area contributed by atoms with Gasteiger partial charge < -0.3 is 4.42 Å². The lowest BCUT2D eigenvalue weighted by Crippen LogP contribution is -2.04. The van der Waals surface area contributed by atoms with E-state index in [1.165, 1.54) is 48.5 Å². The number of carbonyl (C=O) groups is 1. The van der Waals surface area contributed by atoms with Crippen molar-refractivity contribution in [3.8, 4) is 17.4 Å². The van der Waals surface area contributed by atoms with Crippen LogP contribution in [0.1, 0.15) is 16.1 Å². The minimum Gasteiger partial charge on any atom is -0.457 e. The molecular weight excluding hydrogens is 431 g/mol. The summed E-state index contributed by atoms with van der Waals surface area (Å²) < 4.78 is 19.9. The summed E-state index contributed by atoms with van der Waals surface area (Å²) in [6.07, 6.45) is 1.22. The highest BCUT2D eigenvalue weighted by molar-refractivity contribution is 9.10. The van der Waals surface area contributed by atoms with Gasteiger partial charge in [0.25, 0.3) is 5.69 Å². The average molecular weight is 441 g/mol. The number of allylic oxidation sites excluding steroid dienone is 1. The third-order valence-corrected chi connectivity index (χ3v) is 4.48. The molecule has 8 heteroatoms. The highest BCUT2D eigenvalue weighted by Crippen LogP contribution is 2.33. The normalized spacial score (nSPS) is 11.1. The number of ketones is 1. The Balaban J connectivity index is 1.93. The van der Waals surface area contributed by atoms with Gasteiger partial charge in [-0.1, -0.05) is 12.1 Å². The van der Waals surface area contributed by atoms with Crippen molar-refractivity contribution in [2.45, 2.75) is 0 Å². The molecule has 0 aliphatic carbocycles. The lowest BCUT2D eigenvalue weighted by Gasteiger charge is -2.01. The zero-order valence-electron chi connectivity index (χ0n) is 14.1. The van der Waals surface area contributed by atoms with Crippen molar-refractivity contribution in [3.05, 3.63) is 91.9 Å². The molecule has 0 atom stereocenters. The molecule has 1 aromatic heterocycles. The Hall–Kier alpha value is -3.57. The first-order valence-corrected chi connectivity index (χ1v) is 8.65. The molecule has 0 bridgehead atoms. The maximum absolute atomic E-state index is 13.8. The number of nitro groups is 1. The molecule has 0 N–H and O–H groups in total. The predicted octanol–water partition coefficient (Wildman–Crippen LogP) is 5.55. The fourth-order valence-electron chi connectivity index (χ4n) is 2.47. The highest BCUT2D eigenvalue weighted by Gasteiger charge is 2.17. The summed E-state index contributed by atoms with van der Waals surface area (Å²) in [6.45, 7) is 0. The van der Waals surface area contributed by atoms with Gasteiger partial charge >= 0.3 is 0 Å². The summed E-state index contributed by atoms with van der Waals surface area (Å²) >= 11 is 3.26. The number of hydrogen-bond donors (Lipinski definition) is 0. The minimum atomic E-state index is -0.755. The number of rotatable bonds is 5. The van der Waals surface area contributed by atoms with Crippen LogP contribution in [0.5, 0.6) is 0 Å². The molecule has 0 amide bonds. The monoisotopic (exact) mass is 440 g/mol. The van der Waals surface area contributed by atoms with Gasteiger partial charge in [-0.25, -0.2) is 4.39 Å². The fraction of sp³-hybridized carbons (Fsp3) is 0. The Morgan fingerprint density at radius 2 is 1.96 bits per heavy atom. The third-order valence-electron chi connectivity index (χ3n) is 3.83. The second-order valence-corrected chi connectivity index (χ2v) is 6.46. The van der Waals surface area contributed by atoms with Crippen LogP contribution >= 0.6 is 15.9 Å². The van der Waals surface area contributed by atoms with E-state index >= 15 is 0 Å². The first-order valence-electron chi connectivity index (χ1n) is 7.86. The van der Waals surface area contributed by atoms with Crippen LogP contribution in [0.4, 0.5) is 10.1 Å². The number of carbonyl (C=O) groups excluding carboxylic acids is 1. The van der Waals surface area contributed by atoms with E-state index in [2.05, 4.69) is 15.9 Å². The van der Waals surface area contributed by atoms with E-state index in [0.29, 0.717) is 15.8 Å². The van der Waals surface area contributed by atoms with Gasteiger partial charge in [0.1, 0.15) is 29.0 Å². The third kappa shape index (κ3) is 3.89. The van der Waals surface area contributed by atoms with Gasteiger partial charge in [-0.3, -0.25) is 14.9 Å². The van der Waals surface area contributed by atoms with Gasteiger partial charge in [0.15, 0.2) is 0 Å². The zero-order chi connectivity index (χ0) is 20.3. The second-order valence-electron chi connectivity index (χ2n) is 5.60. The molecule has 0 fully saturated rings. The van der Waals surface area contributed by atoms with Gasteiger partial charge in [-0.2, -0.15) is 5.26 Å². The molecule has 138 valence electrons. The number of nitriles is 1. The molecule has 0 aliphatic rings. The molecule has 0 unspecified atom stereocenters. The summed E-state index contributed by atoms with van der Waals surface area (Å²) in [5.74, 6) is -0.885. The standard InChI is InChI=1S/C20H10BrFN2O4/c21-17-10-13(24(26)27)5-7-15(17)19-8-6-14(28-19)9-12(11-23)20(25)16-3-1-2-4-18(16)22/h1-10H/b12-9+. The maximum Gasteiger partial charge on any atom is 0.270 e. The number of furan rings is 1.